The Balaban J connectivity index is 2.08. The van der Waals surface area contributed by atoms with Gasteiger partial charge in [-0.1, -0.05) is 11.6 Å². The van der Waals surface area contributed by atoms with Crippen LogP contribution in [0.2, 0.25) is 5.02 Å². The van der Waals surface area contributed by atoms with Crippen molar-refractivity contribution < 1.29 is 35.9 Å². The number of anilines is 1. The van der Waals surface area contributed by atoms with E-state index in [0.29, 0.717) is 0 Å². The van der Waals surface area contributed by atoms with Crippen molar-refractivity contribution in [1.29, 1.82) is 0 Å². The Hall–Kier alpha value is -0.820. The van der Waals surface area contributed by atoms with Gasteiger partial charge in [0.05, 0.1) is 17.7 Å². The SMILES string of the molecule is CC(C)OP1(=S)OCC2(C(F)F)OC(n3cc(Cl)c(N)nc3=O)C(F)(F)C2O1. The molecule has 158 valence electrons. The van der Waals surface area contributed by atoms with E-state index < -0.39 is 61.2 Å². The summed E-state index contributed by atoms with van der Waals surface area (Å²) in [7, 11) is 0. The molecule has 0 spiro atoms. The average Bonchev–Trinajstić information content (AvgIpc) is 2.79. The van der Waals surface area contributed by atoms with Gasteiger partial charge in [0.25, 0.3) is 6.43 Å². The molecule has 2 N–H and O–H groups in total. The minimum absolute atomic E-state index is 0.275. The van der Waals surface area contributed by atoms with E-state index in [4.69, 9.17) is 47.4 Å². The highest BCUT2D eigenvalue weighted by atomic mass is 35.5. The molecule has 0 bridgehead atoms. The topological polar surface area (TPSA) is 97.8 Å². The minimum atomic E-state index is -4.13. The summed E-state index contributed by atoms with van der Waals surface area (Å²) in [5, 5.41) is -0.342. The van der Waals surface area contributed by atoms with Crippen LogP contribution < -0.4 is 11.4 Å². The maximum atomic E-state index is 15.1. The van der Waals surface area contributed by atoms with Gasteiger partial charge >= 0.3 is 18.3 Å². The summed E-state index contributed by atoms with van der Waals surface area (Å²) in [6.07, 6.45) is -8.34. The molecule has 4 unspecified atom stereocenters. The number of fused-ring (bicyclic) bond motifs is 1. The first kappa shape index (κ1) is 21.9. The summed E-state index contributed by atoms with van der Waals surface area (Å²) in [4.78, 5) is 15.3. The standard InChI is InChI=1S/C13H15ClF4N3O5PS/c1-5(2)25-27(28)23-4-12(9(15)16)8(26-27)13(17,18)10(24-12)21-3-6(14)7(19)20-11(21)22/h3,5,8-10H,4H2,1-2H3,(H2,19,20,22). The molecule has 0 aliphatic carbocycles. The fourth-order valence-corrected chi connectivity index (χ4v) is 5.53. The number of halogens is 5. The second-order valence-corrected chi connectivity index (χ2v) is 9.75. The summed E-state index contributed by atoms with van der Waals surface area (Å²) in [5.74, 6) is -4.54. The van der Waals surface area contributed by atoms with Gasteiger partial charge in [-0.2, -0.15) is 13.8 Å². The molecular formula is C13H15ClF4N3O5PS. The van der Waals surface area contributed by atoms with Crippen LogP contribution in [0.5, 0.6) is 0 Å². The quantitative estimate of drug-likeness (QED) is 0.533. The molecule has 0 aromatic carbocycles. The lowest BCUT2D eigenvalue weighted by atomic mass is 9.96. The Labute approximate surface area is 166 Å². The number of aromatic nitrogens is 2. The van der Waals surface area contributed by atoms with Crippen molar-refractivity contribution >= 4 is 35.9 Å². The predicted octanol–water partition coefficient (Wildman–Crippen LogP) is 2.71. The van der Waals surface area contributed by atoms with Crippen LogP contribution in [0.15, 0.2) is 11.0 Å². The van der Waals surface area contributed by atoms with Crippen LogP contribution in [-0.2, 0) is 30.1 Å². The van der Waals surface area contributed by atoms with Gasteiger partial charge in [-0.3, -0.25) is 9.09 Å². The molecule has 0 amide bonds. The van der Waals surface area contributed by atoms with Gasteiger partial charge < -0.3 is 19.5 Å². The Kier molecular flexibility index (Phi) is 5.59. The number of ether oxygens (including phenoxy) is 1. The average molecular weight is 468 g/mol. The van der Waals surface area contributed by atoms with Crippen molar-refractivity contribution in [2.75, 3.05) is 12.3 Å². The van der Waals surface area contributed by atoms with E-state index >= 15 is 8.78 Å². The van der Waals surface area contributed by atoms with Gasteiger partial charge in [0.15, 0.2) is 11.7 Å². The second kappa shape index (κ2) is 7.15. The highest BCUT2D eigenvalue weighted by Gasteiger charge is 2.75. The van der Waals surface area contributed by atoms with E-state index in [1.165, 1.54) is 0 Å². The zero-order valence-electron chi connectivity index (χ0n) is 14.4. The summed E-state index contributed by atoms with van der Waals surface area (Å²) < 4.78 is 78.6. The summed E-state index contributed by atoms with van der Waals surface area (Å²) in [6.45, 7) is -1.69. The molecule has 1 aromatic heterocycles. The molecule has 2 saturated heterocycles. The van der Waals surface area contributed by atoms with Crippen LogP contribution in [0.4, 0.5) is 23.4 Å². The maximum Gasteiger partial charge on any atom is 0.351 e. The third-order valence-corrected chi connectivity index (χ3v) is 6.75. The van der Waals surface area contributed by atoms with E-state index in [1.807, 2.05) is 0 Å². The lowest BCUT2D eigenvalue weighted by Gasteiger charge is -2.41. The zero-order chi connectivity index (χ0) is 21.1. The Morgan fingerprint density at radius 1 is 1.50 bits per heavy atom. The van der Waals surface area contributed by atoms with Gasteiger partial charge in [0, 0.05) is 6.20 Å². The van der Waals surface area contributed by atoms with Gasteiger partial charge in [0.1, 0.15) is 5.82 Å². The van der Waals surface area contributed by atoms with Crippen LogP contribution in [0.3, 0.4) is 0 Å². The third-order valence-electron chi connectivity index (χ3n) is 4.03. The third kappa shape index (κ3) is 3.47. The first-order valence-electron chi connectivity index (χ1n) is 7.82. The van der Waals surface area contributed by atoms with E-state index in [1.54, 1.807) is 13.8 Å². The van der Waals surface area contributed by atoms with Gasteiger partial charge in [-0.25, -0.2) is 13.6 Å². The number of rotatable bonds is 4. The Morgan fingerprint density at radius 2 is 2.14 bits per heavy atom. The number of hydrogen-bond donors (Lipinski definition) is 1. The summed E-state index contributed by atoms with van der Waals surface area (Å²) >= 11 is 10.7. The van der Waals surface area contributed by atoms with Crippen molar-refractivity contribution in [3.8, 4) is 0 Å². The molecule has 0 radical (unpaired) electrons. The van der Waals surface area contributed by atoms with Crippen LogP contribution in [0.1, 0.15) is 20.1 Å². The van der Waals surface area contributed by atoms with Crippen LogP contribution >= 0.6 is 18.3 Å². The number of alkyl halides is 4. The minimum Gasteiger partial charge on any atom is -0.382 e. The van der Waals surface area contributed by atoms with Crippen LogP contribution in [0, 0.1) is 0 Å². The highest BCUT2D eigenvalue weighted by molar-refractivity contribution is 8.07. The van der Waals surface area contributed by atoms with Gasteiger partial charge in [-0.15, -0.1) is 0 Å². The Morgan fingerprint density at radius 3 is 2.71 bits per heavy atom. The van der Waals surface area contributed by atoms with Crippen molar-refractivity contribution in [1.82, 2.24) is 9.55 Å². The van der Waals surface area contributed by atoms with E-state index in [9.17, 15) is 13.6 Å². The molecule has 4 atom stereocenters. The second-order valence-electron chi connectivity index (χ2n) is 6.42. The monoisotopic (exact) mass is 467 g/mol. The molecule has 1 aromatic rings. The molecule has 28 heavy (non-hydrogen) atoms. The highest BCUT2D eigenvalue weighted by Crippen LogP contribution is 2.64. The lowest BCUT2D eigenvalue weighted by Crippen LogP contribution is -2.57. The summed E-state index contributed by atoms with van der Waals surface area (Å²) in [6, 6.07) is 0. The molecule has 8 nitrogen and oxygen atoms in total. The zero-order valence-corrected chi connectivity index (χ0v) is 16.8. The first-order chi connectivity index (χ1) is 12.8. The van der Waals surface area contributed by atoms with E-state index in [2.05, 4.69) is 4.98 Å². The number of nitrogens with zero attached hydrogens (tertiary/aromatic N) is 2. The first-order valence-corrected chi connectivity index (χ1v) is 10.7. The van der Waals surface area contributed by atoms with Crippen molar-refractivity contribution in [3.63, 3.8) is 0 Å². The molecule has 2 aliphatic rings. The number of hydrogen-bond acceptors (Lipinski definition) is 8. The van der Waals surface area contributed by atoms with Crippen LogP contribution in [0.25, 0.3) is 0 Å². The largest absolute Gasteiger partial charge is 0.382 e. The molecule has 0 saturated carbocycles. The molecule has 2 fully saturated rings. The smallest absolute Gasteiger partial charge is 0.351 e. The fourth-order valence-electron chi connectivity index (χ4n) is 2.82. The maximum absolute atomic E-state index is 15.1. The number of nitrogens with two attached hydrogens (primary N) is 1. The van der Waals surface area contributed by atoms with E-state index in [0.717, 1.165) is 6.20 Å². The normalized spacial score (nSPS) is 34.8. The summed E-state index contributed by atoms with van der Waals surface area (Å²) in [5.41, 5.74) is 1.20. The van der Waals surface area contributed by atoms with Crippen molar-refractivity contribution in [2.24, 2.45) is 0 Å². The number of nitrogen functional groups attached to an aromatic ring is 1. The van der Waals surface area contributed by atoms with Crippen LogP contribution in [-0.4, -0.2) is 46.3 Å². The Bertz CT molecular complexity index is 890. The molecule has 2 aliphatic heterocycles. The van der Waals surface area contributed by atoms with Crippen molar-refractivity contribution in [2.45, 2.75) is 50.2 Å². The van der Waals surface area contributed by atoms with Gasteiger partial charge in [0.2, 0.25) is 6.23 Å². The molecule has 15 heteroatoms. The molecular weight excluding hydrogens is 453 g/mol. The lowest BCUT2D eigenvalue weighted by molar-refractivity contribution is -0.205. The van der Waals surface area contributed by atoms with E-state index in [-0.39, 0.29) is 9.59 Å². The molecule has 3 heterocycles. The fraction of sp³-hybridized carbons (Fsp3) is 0.692. The van der Waals surface area contributed by atoms with Crippen molar-refractivity contribution in [3.05, 3.63) is 21.7 Å². The molecule has 3 rings (SSSR count). The predicted molar refractivity (Wildman–Crippen MR) is 93.1 cm³/mol. The van der Waals surface area contributed by atoms with Gasteiger partial charge in [-0.05, 0) is 25.7 Å².